The monoisotopic (exact) mass is 293 g/mol. The zero-order chi connectivity index (χ0) is 15.7. The number of aryl methyl sites for hydroxylation is 1. The average molecular weight is 293 g/mol. The highest BCUT2D eigenvalue weighted by Gasteiger charge is 2.18. The highest BCUT2D eigenvalue weighted by atomic mass is 16.5. The fraction of sp³-hybridized carbons (Fsp3) is 0.667. The van der Waals surface area contributed by atoms with Crippen LogP contribution in [0.5, 0.6) is 5.75 Å². The molecule has 0 unspecified atom stereocenters. The summed E-state index contributed by atoms with van der Waals surface area (Å²) in [7, 11) is 0. The highest BCUT2D eigenvalue weighted by Crippen LogP contribution is 2.31. The lowest BCUT2D eigenvalue weighted by Crippen LogP contribution is -2.24. The molecule has 0 aliphatic rings. The van der Waals surface area contributed by atoms with E-state index in [0.29, 0.717) is 6.61 Å². The van der Waals surface area contributed by atoms with Crippen LogP contribution in [-0.4, -0.2) is 32.9 Å². The van der Waals surface area contributed by atoms with E-state index in [-0.39, 0.29) is 5.41 Å². The topological polar surface area (TPSA) is 30.5 Å². The van der Waals surface area contributed by atoms with Crippen LogP contribution >= 0.6 is 0 Å². The molecule has 0 spiro atoms. The van der Waals surface area contributed by atoms with E-state index >= 15 is 0 Å². The Labute approximate surface area is 130 Å². The molecule has 0 amide bonds. The van der Waals surface area contributed by atoms with Gasteiger partial charge in [0.25, 0.3) is 0 Å². The van der Waals surface area contributed by atoms with Gasteiger partial charge >= 0.3 is 0 Å². The first-order valence-corrected chi connectivity index (χ1v) is 7.97. The molecule has 0 bridgehead atoms. The van der Waals surface area contributed by atoms with Gasteiger partial charge in [0.05, 0.1) is 0 Å². The second-order valence-corrected chi connectivity index (χ2v) is 6.40. The second-order valence-electron chi connectivity index (χ2n) is 6.40. The molecule has 3 heteroatoms. The van der Waals surface area contributed by atoms with Crippen molar-refractivity contribution in [2.45, 2.75) is 46.5 Å². The Hall–Kier alpha value is -1.06. The van der Waals surface area contributed by atoms with Crippen molar-refractivity contribution in [2.24, 2.45) is 0 Å². The Morgan fingerprint density at radius 3 is 2.52 bits per heavy atom. The lowest BCUT2D eigenvalue weighted by atomic mass is 9.85. The zero-order valence-electron chi connectivity index (χ0n) is 14.3. The van der Waals surface area contributed by atoms with Crippen LogP contribution in [0.15, 0.2) is 18.2 Å². The van der Waals surface area contributed by atoms with Crippen molar-refractivity contribution in [3.05, 3.63) is 29.3 Å². The van der Waals surface area contributed by atoms with Gasteiger partial charge in [-0.2, -0.15) is 0 Å². The quantitative estimate of drug-likeness (QED) is 0.704. The van der Waals surface area contributed by atoms with Gasteiger partial charge in [0, 0.05) is 19.8 Å². The van der Waals surface area contributed by atoms with E-state index in [9.17, 15) is 0 Å². The van der Waals surface area contributed by atoms with E-state index in [1.54, 1.807) is 0 Å². The van der Waals surface area contributed by atoms with Crippen LogP contribution in [0, 0.1) is 6.92 Å². The number of benzene rings is 1. The largest absolute Gasteiger partial charge is 0.492 e. The molecule has 0 aliphatic heterocycles. The van der Waals surface area contributed by atoms with Crippen molar-refractivity contribution in [1.82, 2.24) is 5.32 Å². The Bertz CT molecular complexity index is 410. The SMILES string of the molecule is CCOCCCNCCOc1ccc(C)cc1C(C)(C)C. The lowest BCUT2D eigenvalue weighted by molar-refractivity contribution is 0.144. The van der Waals surface area contributed by atoms with Gasteiger partial charge in [-0.1, -0.05) is 38.5 Å². The number of hydrogen-bond donors (Lipinski definition) is 1. The number of rotatable bonds is 9. The maximum atomic E-state index is 5.95. The summed E-state index contributed by atoms with van der Waals surface area (Å²) in [6.07, 6.45) is 1.05. The fourth-order valence-corrected chi connectivity index (χ4v) is 2.16. The van der Waals surface area contributed by atoms with Gasteiger partial charge in [0.2, 0.25) is 0 Å². The smallest absolute Gasteiger partial charge is 0.123 e. The van der Waals surface area contributed by atoms with E-state index in [1.165, 1.54) is 11.1 Å². The molecule has 0 heterocycles. The summed E-state index contributed by atoms with van der Waals surface area (Å²) < 4.78 is 11.3. The van der Waals surface area contributed by atoms with Crippen molar-refractivity contribution < 1.29 is 9.47 Å². The van der Waals surface area contributed by atoms with E-state index in [4.69, 9.17) is 9.47 Å². The summed E-state index contributed by atoms with van der Waals surface area (Å²) in [5.74, 6) is 1.00. The maximum absolute atomic E-state index is 5.95. The maximum Gasteiger partial charge on any atom is 0.123 e. The van der Waals surface area contributed by atoms with Crippen molar-refractivity contribution in [3.63, 3.8) is 0 Å². The third-order valence-electron chi connectivity index (χ3n) is 3.33. The molecule has 0 saturated heterocycles. The molecule has 0 fully saturated rings. The minimum Gasteiger partial charge on any atom is -0.492 e. The summed E-state index contributed by atoms with van der Waals surface area (Å²) >= 11 is 0. The Kier molecular flexibility index (Phi) is 7.76. The molecule has 1 rings (SSSR count). The zero-order valence-corrected chi connectivity index (χ0v) is 14.3. The van der Waals surface area contributed by atoms with Crippen LogP contribution in [0.2, 0.25) is 0 Å². The Morgan fingerprint density at radius 1 is 1.10 bits per heavy atom. The molecule has 1 aromatic carbocycles. The van der Waals surface area contributed by atoms with Gasteiger partial charge < -0.3 is 14.8 Å². The third kappa shape index (κ3) is 6.96. The summed E-state index contributed by atoms with van der Waals surface area (Å²) in [5.41, 5.74) is 2.66. The first-order chi connectivity index (χ1) is 9.95. The Morgan fingerprint density at radius 2 is 1.86 bits per heavy atom. The minimum absolute atomic E-state index is 0.103. The lowest BCUT2D eigenvalue weighted by Gasteiger charge is -2.23. The standard InChI is InChI=1S/C18H31NO2/c1-6-20-12-7-10-19-11-13-21-17-9-8-15(2)14-16(17)18(3,4)5/h8-9,14,19H,6-7,10-13H2,1-5H3. The van der Waals surface area contributed by atoms with Crippen LogP contribution in [0.25, 0.3) is 0 Å². The van der Waals surface area contributed by atoms with Gasteiger partial charge in [0.1, 0.15) is 12.4 Å². The minimum atomic E-state index is 0.103. The first-order valence-electron chi connectivity index (χ1n) is 7.97. The molecule has 1 aromatic rings. The van der Waals surface area contributed by atoms with E-state index in [2.05, 4.69) is 51.2 Å². The van der Waals surface area contributed by atoms with Gasteiger partial charge in [-0.05, 0) is 43.9 Å². The second kappa shape index (κ2) is 9.06. The third-order valence-corrected chi connectivity index (χ3v) is 3.33. The van der Waals surface area contributed by atoms with Gasteiger partial charge in [-0.25, -0.2) is 0 Å². The average Bonchev–Trinajstić information content (AvgIpc) is 2.42. The fourth-order valence-electron chi connectivity index (χ4n) is 2.16. The molecule has 0 radical (unpaired) electrons. The van der Waals surface area contributed by atoms with Gasteiger partial charge in [0.15, 0.2) is 0 Å². The van der Waals surface area contributed by atoms with Crippen LogP contribution in [0.1, 0.15) is 45.2 Å². The van der Waals surface area contributed by atoms with Crippen molar-refractivity contribution in [3.8, 4) is 5.75 Å². The molecule has 0 aromatic heterocycles. The number of ether oxygens (including phenoxy) is 2. The predicted octanol–water partition coefficient (Wildman–Crippen LogP) is 3.69. The predicted molar refractivity (Wildman–Crippen MR) is 89.4 cm³/mol. The molecule has 0 atom stereocenters. The molecule has 0 aliphatic carbocycles. The normalized spacial score (nSPS) is 11.7. The molecular weight excluding hydrogens is 262 g/mol. The van der Waals surface area contributed by atoms with Crippen molar-refractivity contribution >= 4 is 0 Å². The van der Waals surface area contributed by atoms with Gasteiger partial charge in [-0.3, -0.25) is 0 Å². The molecule has 1 N–H and O–H groups in total. The van der Waals surface area contributed by atoms with Crippen molar-refractivity contribution in [2.75, 3.05) is 32.9 Å². The summed E-state index contributed by atoms with van der Waals surface area (Å²) in [6.45, 7) is 15.0. The number of hydrogen-bond acceptors (Lipinski definition) is 3. The van der Waals surface area contributed by atoms with Crippen LogP contribution < -0.4 is 10.1 Å². The number of nitrogens with one attached hydrogen (secondary N) is 1. The van der Waals surface area contributed by atoms with Gasteiger partial charge in [-0.15, -0.1) is 0 Å². The van der Waals surface area contributed by atoms with Crippen LogP contribution in [-0.2, 0) is 10.2 Å². The summed E-state index contributed by atoms with van der Waals surface area (Å²) in [4.78, 5) is 0. The summed E-state index contributed by atoms with van der Waals surface area (Å²) in [6, 6.07) is 6.43. The molecule has 0 saturated carbocycles. The first kappa shape index (κ1) is 18.0. The van der Waals surface area contributed by atoms with E-state index in [1.807, 2.05) is 6.92 Å². The van der Waals surface area contributed by atoms with Crippen LogP contribution in [0.4, 0.5) is 0 Å². The van der Waals surface area contributed by atoms with Crippen LogP contribution in [0.3, 0.4) is 0 Å². The molecule has 21 heavy (non-hydrogen) atoms. The van der Waals surface area contributed by atoms with Crippen molar-refractivity contribution in [1.29, 1.82) is 0 Å². The highest BCUT2D eigenvalue weighted by molar-refractivity contribution is 5.41. The molecular formula is C18H31NO2. The molecule has 3 nitrogen and oxygen atoms in total. The molecule has 120 valence electrons. The summed E-state index contributed by atoms with van der Waals surface area (Å²) in [5, 5.41) is 3.38. The Balaban J connectivity index is 2.35. The van der Waals surface area contributed by atoms with E-state index in [0.717, 1.165) is 38.5 Å². The van der Waals surface area contributed by atoms with E-state index < -0.39 is 0 Å².